The van der Waals surface area contributed by atoms with Gasteiger partial charge in [0.1, 0.15) is 0 Å². The summed E-state index contributed by atoms with van der Waals surface area (Å²) >= 11 is 0. The van der Waals surface area contributed by atoms with E-state index >= 15 is 0 Å². The highest BCUT2D eigenvalue weighted by Crippen LogP contribution is 2.26. The van der Waals surface area contributed by atoms with E-state index in [-0.39, 0.29) is 23.0 Å². The van der Waals surface area contributed by atoms with E-state index in [4.69, 9.17) is 5.73 Å². The van der Waals surface area contributed by atoms with Crippen molar-refractivity contribution in [2.45, 2.75) is 13.8 Å². The third-order valence-corrected chi connectivity index (χ3v) is 2.72. The van der Waals surface area contributed by atoms with Crippen molar-refractivity contribution in [2.75, 3.05) is 5.73 Å². The second-order valence-electron chi connectivity index (χ2n) is 4.09. The van der Waals surface area contributed by atoms with Crippen molar-refractivity contribution in [1.82, 2.24) is 9.97 Å². The smallest absolute Gasteiger partial charge is 0.270 e. The number of nitrogen functional groups attached to an aromatic ring is 1. The largest absolute Gasteiger partial charge is 0.381 e. The van der Waals surface area contributed by atoms with Gasteiger partial charge >= 0.3 is 0 Å². The van der Waals surface area contributed by atoms with Crippen LogP contribution in [-0.4, -0.2) is 14.9 Å². The summed E-state index contributed by atoms with van der Waals surface area (Å²) in [5.41, 5.74) is 6.68. The van der Waals surface area contributed by atoms with Gasteiger partial charge in [-0.3, -0.25) is 10.1 Å². The highest BCUT2D eigenvalue weighted by molar-refractivity contribution is 5.65. The Balaban J connectivity index is 2.64. The highest BCUT2D eigenvalue weighted by atomic mass is 19.1. The number of benzene rings is 1. The minimum absolute atomic E-state index is 0.0789. The van der Waals surface area contributed by atoms with Crippen LogP contribution in [-0.2, 0) is 0 Å². The van der Waals surface area contributed by atoms with E-state index in [1.54, 1.807) is 13.0 Å². The number of hydrogen-bond acceptors (Lipinski definition) is 5. The molecule has 1 aromatic carbocycles. The molecule has 0 amide bonds. The average molecular weight is 262 g/mol. The minimum Gasteiger partial charge on any atom is -0.381 e. The molecule has 98 valence electrons. The van der Waals surface area contributed by atoms with Crippen LogP contribution in [0.3, 0.4) is 0 Å². The van der Waals surface area contributed by atoms with Gasteiger partial charge in [-0.1, -0.05) is 6.07 Å². The summed E-state index contributed by atoms with van der Waals surface area (Å²) in [4.78, 5) is 18.1. The summed E-state index contributed by atoms with van der Waals surface area (Å²) in [6.45, 7) is 3.22. The van der Waals surface area contributed by atoms with Crippen molar-refractivity contribution in [2.24, 2.45) is 0 Å². The van der Waals surface area contributed by atoms with Crippen LogP contribution in [0.4, 0.5) is 15.9 Å². The molecule has 2 rings (SSSR count). The van der Waals surface area contributed by atoms with Crippen LogP contribution in [0.15, 0.2) is 18.2 Å². The van der Waals surface area contributed by atoms with Crippen LogP contribution in [0.1, 0.15) is 11.3 Å². The Morgan fingerprint density at radius 3 is 2.58 bits per heavy atom. The molecule has 0 saturated carbocycles. The molecule has 0 radical (unpaired) electrons. The summed E-state index contributed by atoms with van der Waals surface area (Å²) in [6, 6.07) is 4.33. The third kappa shape index (κ3) is 2.35. The molecule has 0 aliphatic rings. The zero-order valence-electron chi connectivity index (χ0n) is 10.3. The van der Waals surface area contributed by atoms with Gasteiger partial charge < -0.3 is 5.73 Å². The third-order valence-electron chi connectivity index (χ3n) is 2.72. The Morgan fingerprint density at radius 1 is 1.32 bits per heavy atom. The Labute approximate surface area is 108 Å². The van der Waals surface area contributed by atoms with Gasteiger partial charge in [0.2, 0.25) is 0 Å². The lowest BCUT2D eigenvalue weighted by atomic mass is 10.1. The fraction of sp³-hybridized carbons (Fsp3) is 0.167. The standard InChI is InChI=1S/C12H11FN4O2/c1-6-3-4-8(17(18)19)5-9(6)12-15-7(2)10(13)11(14)16-12/h3-5H,1-2H3,(H2,14,15,16). The molecule has 19 heavy (non-hydrogen) atoms. The first kappa shape index (κ1) is 12.9. The molecule has 0 fully saturated rings. The van der Waals surface area contributed by atoms with Gasteiger partial charge in [-0.15, -0.1) is 0 Å². The Kier molecular flexibility index (Phi) is 3.12. The molecule has 7 heteroatoms. The summed E-state index contributed by atoms with van der Waals surface area (Å²) in [5.74, 6) is -0.766. The number of anilines is 1. The van der Waals surface area contributed by atoms with Crippen molar-refractivity contribution in [3.05, 3.63) is 45.4 Å². The monoisotopic (exact) mass is 262 g/mol. The summed E-state index contributed by atoms with van der Waals surface area (Å²) in [6.07, 6.45) is 0. The zero-order valence-corrected chi connectivity index (χ0v) is 10.3. The Morgan fingerprint density at radius 2 is 2.00 bits per heavy atom. The topological polar surface area (TPSA) is 94.9 Å². The number of nitro benzene ring substituents is 1. The van der Waals surface area contributed by atoms with Crippen LogP contribution < -0.4 is 5.73 Å². The predicted octanol–water partition coefficient (Wildman–Crippen LogP) is 2.39. The average Bonchev–Trinajstić information content (AvgIpc) is 2.35. The van der Waals surface area contributed by atoms with Crippen molar-refractivity contribution >= 4 is 11.5 Å². The molecule has 6 nitrogen and oxygen atoms in total. The number of aryl methyl sites for hydroxylation is 2. The first-order valence-electron chi connectivity index (χ1n) is 5.45. The molecule has 0 unspecified atom stereocenters. The van der Waals surface area contributed by atoms with Gasteiger partial charge in [0, 0.05) is 17.7 Å². The first-order chi connectivity index (χ1) is 8.90. The number of non-ortho nitro benzene ring substituents is 1. The Bertz CT molecular complexity index is 650. The maximum Gasteiger partial charge on any atom is 0.270 e. The number of nitrogens with two attached hydrogens (primary N) is 1. The quantitative estimate of drug-likeness (QED) is 0.662. The summed E-state index contributed by atoms with van der Waals surface area (Å²) in [7, 11) is 0. The lowest BCUT2D eigenvalue weighted by Gasteiger charge is -2.07. The van der Waals surface area contributed by atoms with Crippen molar-refractivity contribution in [3.8, 4) is 11.4 Å². The van der Waals surface area contributed by atoms with Gasteiger partial charge in [0.15, 0.2) is 17.5 Å². The first-order valence-corrected chi connectivity index (χ1v) is 5.45. The van der Waals surface area contributed by atoms with E-state index < -0.39 is 10.7 Å². The number of rotatable bonds is 2. The number of nitro groups is 1. The molecule has 2 aromatic rings. The second kappa shape index (κ2) is 4.60. The van der Waals surface area contributed by atoms with E-state index in [1.807, 2.05) is 0 Å². The Hall–Kier alpha value is -2.57. The normalized spacial score (nSPS) is 10.5. The van der Waals surface area contributed by atoms with Crippen LogP contribution in [0.2, 0.25) is 0 Å². The van der Waals surface area contributed by atoms with Gasteiger partial charge in [-0.2, -0.15) is 0 Å². The van der Waals surface area contributed by atoms with Gasteiger partial charge in [-0.25, -0.2) is 14.4 Å². The fourth-order valence-corrected chi connectivity index (χ4v) is 1.67. The van der Waals surface area contributed by atoms with Crippen LogP contribution >= 0.6 is 0 Å². The minimum atomic E-state index is -0.674. The second-order valence-corrected chi connectivity index (χ2v) is 4.09. The van der Waals surface area contributed by atoms with E-state index in [9.17, 15) is 14.5 Å². The fourth-order valence-electron chi connectivity index (χ4n) is 1.67. The van der Waals surface area contributed by atoms with Crippen LogP contribution in [0, 0.1) is 29.8 Å². The lowest BCUT2D eigenvalue weighted by Crippen LogP contribution is -2.04. The molecule has 0 bridgehead atoms. The number of aromatic nitrogens is 2. The van der Waals surface area contributed by atoms with Crippen LogP contribution in [0.5, 0.6) is 0 Å². The van der Waals surface area contributed by atoms with E-state index in [2.05, 4.69) is 9.97 Å². The van der Waals surface area contributed by atoms with Crippen molar-refractivity contribution in [3.63, 3.8) is 0 Å². The molecule has 0 saturated heterocycles. The number of halogens is 1. The van der Waals surface area contributed by atoms with E-state index in [0.717, 1.165) is 5.56 Å². The van der Waals surface area contributed by atoms with E-state index in [1.165, 1.54) is 19.1 Å². The molecule has 0 atom stereocenters. The molecule has 2 N–H and O–H groups in total. The number of nitrogens with zero attached hydrogens (tertiary/aromatic N) is 3. The zero-order chi connectivity index (χ0) is 14.2. The van der Waals surface area contributed by atoms with Gasteiger partial charge in [0.25, 0.3) is 5.69 Å². The molecule has 1 heterocycles. The SMILES string of the molecule is Cc1ccc([N+](=O)[O-])cc1-c1nc(C)c(F)c(N)n1. The molecule has 0 spiro atoms. The molecule has 0 aliphatic carbocycles. The maximum absolute atomic E-state index is 13.4. The highest BCUT2D eigenvalue weighted by Gasteiger charge is 2.15. The van der Waals surface area contributed by atoms with Crippen molar-refractivity contribution < 1.29 is 9.31 Å². The summed E-state index contributed by atoms with van der Waals surface area (Å²) in [5, 5.41) is 10.8. The van der Waals surface area contributed by atoms with Gasteiger partial charge in [-0.05, 0) is 19.4 Å². The number of hydrogen-bond donors (Lipinski definition) is 1. The predicted molar refractivity (Wildman–Crippen MR) is 68.0 cm³/mol. The van der Waals surface area contributed by atoms with Gasteiger partial charge in [0.05, 0.1) is 10.6 Å². The summed E-state index contributed by atoms with van der Waals surface area (Å²) < 4.78 is 13.4. The molecule has 0 aliphatic heterocycles. The lowest BCUT2D eigenvalue weighted by molar-refractivity contribution is -0.384. The van der Waals surface area contributed by atoms with Crippen molar-refractivity contribution in [1.29, 1.82) is 0 Å². The molecular formula is C12H11FN4O2. The maximum atomic E-state index is 13.4. The van der Waals surface area contributed by atoms with Crippen LogP contribution in [0.25, 0.3) is 11.4 Å². The van der Waals surface area contributed by atoms with E-state index in [0.29, 0.717) is 5.56 Å². The molecule has 1 aromatic heterocycles. The molecular weight excluding hydrogens is 251 g/mol.